The Morgan fingerprint density at radius 2 is 1.79 bits per heavy atom. The Balaban J connectivity index is 1.67. The van der Waals surface area contributed by atoms with Gasteiger partial charge in [-0.25, -0.2) is 0 Å². The van der Waals surface area contributed by atoms with Crippen LogP contribution in [0, 0.1) is 0 Å². The van der Waals surface area contributed by atoms with Crippen LogP contribution in [-0.2, 0) is 14.3 Å². The second-order valence-corrected chi connectivity index (χ2v) is 11.0. The molecule has 2 aromatic rings. The number of hydrogen-bond acceptors (Lipinski definition) is 8. The molecule has 1 unspecified atom stereocenters. The number of benzene rings is 1. The molecule has 1 aromatic carbocycles. The van der Waals surface area contributed by atoms with Gasteiger partial charge in [0.1, 0.15) is 11.3 Å². The Morgan fingerprint density at radius 3 is 2.48 bits per heavy atom. The van der Waals surface area contributed by atoms with E-state index in [1.807, 2.05) is 6.92 Å². The number of ether oxygens (including phenoxy) is 2. The van der Waals surface area contributed by atoms with Gasteiger partial charge in [-0.2, -0.15) is 8.42 Å². The van der Waals surface area contributed by atoms with E-state index in [1.54, 1.807) is 6.07 Å². The maximum Gasteiger partial charge on any atom is 0.304 e. The molecule has 1 aliphatic carbocycles. The first kappa shape index (κ1) is 22.7. The van der Waals surface area contributed by atoms with Crippen LogP contribution in [0.2, 0.25) is 0 Å². The van der Waals surface area contributed by atoms with Gasteiger partial charge in [-0.15, -0.1) is 0 Å². The standard InChI is InChI=1S/C24H31NO7S/c1-24(25-12-7-4-8-13-25)15-18(26)19-20(29-2)17-11-14-30-21(17)23(22(19)31-24)33(27,28)32-16-9-5-3-6-10-16/h11,14,16H,3-10,12-13,15H2,1-2H3. The topological polar surface area (TPSA) is 95.3 Å². The maximum atomic E-state index is 13.6. The second-order valence-electron chi connectivity index (χ2n) is 9.47. The highest BCUT2D eigenvalue weighted by Crippen LogP contribution is 2.50. The molecule has 0 bridgehead atoms. The molecule has 1 saturated heterocycles. The predicted molar refractivity (Wildman–Crippen MR) is 121 cm³/mol. The fourth-order valence-corrected chi connectivity index (χ4v) is 6.89. The Kier molecular flexibility index (Phi) is 5.91. The molecule has 3 heterocycles. The molecular formula is C24H31NO7S. The highest BCUT2D eigenvalue weighted by Gasteiger charge is 2.47. The average molecular weight is 478 g/mol. The van der Waals surface area contributed by atoms with Crippen molar-refractivity contribution in [1.29, 1.82) is 0 Å². The molecule has 0 N–H and O–H groups in total. The van der Waals surface area contributed by atoms with E-state index in [0.717, 1.165) is 51.6 Å². The van der Waals surface area contributed by atoms with Crippen LogP contribution >= 0.6 is 0 Å². The van der Waals surface area contributed by atoms with Crippen molar-refractivity contribution in [3.63, 3.8) is 0 Å². The summed E-state index contributed by atoms with van der Waals surface area (Å²) in [6.45, 7) is 3.44. The summed E-state index contributed by atoms with van der Waals surface area (Å²) < 4.78 is 50.7. The van der Waals surface area contributed by atoms with Crippen molar-refractivity contribution in [1.82, 2.24) is 4.90 Å². The zero-order valence-corrected chi connectivity index (χ0v) is 20.0. The first-order valence-electron chi connectivity index (χ1n) is 11.9. The number of furan rings is 1. The van der Waals surface area contributed by atoms with Crippen molar-refractivity contribution in [3.05, 3.63) is 17.9 Å². The number of Topliss-reactive ketones (excluding diaryl/α,β-unsaturated/α-hetero) is 1. The lowest BCUT2D eigenvalue weighted by Crippen LogP contribution is -2.56. The lowest BCUT2D eigenvalue weighted by Gasteiger charge is -2.45. The van der Waals surface area contributed by atoms with Crippen molar-refractivity contribution >= 4 is 26.9 Å². The molecule has 3 aliphatic rings. The van der Waals surface area contributed by atoms with E-state index in [4.69, 9.17) is 18.1 Å². The molecule has 9 heteroatoms. The summed E-state index contributed by atoms with van der Waals surface area (Å²) in [6.07, 6.45) is 8.58. The minimum absolute atomic E-state index is 0.0190. The van der Waals surface area contributed by atoms with Crippen LogP contribution in [-0.4, -0.2) is 51.1 Å². The second kappa shape index (κ2) is 8.60. The molecule has 1 aromatic heterocycles. The minimum atomic E-state index is -4.27. The SMILES string of the molecule is COc1c2c(c(S(=O)(=O)OC3CCCCC3)c3occc13)OC(C)(N1CCCCC1)CC2=O. The first-order valence-corrected chi connectivity index (χ1v) is 13.3. The fourth-order valence-electron chi connectivity index (χ4n) is 5.48. The first-order chi connectivity index (χ1) is 15.8. The van der Waals surface area contributed by atoms with Crippen molar-refractivity contribution < 1.29 is 31.3 Å². The Labute approximate surface area is 194 Å². The van der Waals surface area contributed by atoms with Gasteiger partial charge in [-0.3, -0.25) is 13.9 Å². The van der Waals surface area contributed by atoms with Crippen molar-refractivity contribution in [2.45, 2.75) is 81.4 Å². The third-order valence-corrected chi connectivity index (χ3v) is 8.56. The lowest BCUT2D eigenvalue weighted by atomic mass is 9.93. The quantitative estimate of drug-likeness (QED) is 0.575. The molecule has 1 saturated carbocycles. The van der Waals surface area contributed by atoms with Crippen molar-refractivity contribution in [3.8, 4) is 11.5 Å². The summed E-state index contributed by atoms with van der Waals surface area (Å²) in [5, 5.41) is 0.417. The highest BCUT2D eigenvalue weighted by molar-refractivity contribution is 7.87. The molecular weight excluding hydrogens is 446 g/mol. The monoisotopic (exact) mass is 477 g/mol. The number of carbonyl (C=O) groups is 1. The molecule has 5 rings (SSSR count). The van der Waals surface area contributed by atoms with E-state index in [9.17, 15) is 13.2 Å². The van der Waals surface area contributed by atoms with Gasteiger partial charge >= 0.3 is 10.1 Å². The molecule has 2 fully saturated rings. The predicted octanol–water partition coefficient (Wildman–Crippen LogP) is 4.65. The number of nitrogens with zero attached hydrogens (tertiary/aromatic N) is 1. The molecule has 8 nitrogen and oxygen atoms in total. The van der Waals surface area contributed by atoms with E-state index >= 15 is 0 Å². The summed E-state index contributed by atoms with van der Waals surface area (Å²) in [5.41, 5.74) is -0.714. The number of carbonyl (C=O) groups excluding carboxylic acids is 1. The number of hydrogen-bond donors (Lipinski definition) is 0. The summed E-state index contributed by atoms with van der Waals surface area (Å²) >= 11 is 0. The number of ketones is 1. The number of rotatable bonds is 5. The minimum Gasteiger partial charge on any atom is -0.495 e. The van der Waals surface area contributed by atoms with Gasteiger partial charge in [0.15, 0.2) is 27.7 Å². The third-order valence-electron chi connectivity index (χ3n) is 7.16. The van der Waals surface area contributed by atoms with Gasteiger partial charge in [-0.1, -0.05) is 25.7 Å². The molecule has 2 aliphatic heterocycles. The van der Waals surface area contributed by atoms with E-state index in [1.165, 1.54) is 13.4 Å². The molecule has 0 spiro atoms. The summed E-state index contributed by atoms with van der Waals surface area (Å²) in [4.78, 5) is 15.4. The number of piperidine rings is 1. The average Bonchev–Trinajstić information content (AvgIpc) is 3.27. The van der Waals surface area contributed by atoms with Crippen molar-refractivity contribution in [2.24, 2.45) is 0 Å². The van der Waals surface area contributed by atoms with Gasteiger partial charge in [0.05, 0.1) is 31.3 Å². The van der Waals surface area contributed by atoms with Crippen LogP contribution in [0.15, 0.2) is 21.6 Å². The number of methoxy groups -OCH3 is 1. The van der Waals surface area contributed by atoms with E-state index in [0.29, 0.717) is 18.2 Å². The molecule has 33 heavy (non-hydrogen) atoms. The maximum absolute atomic E-state index is 13.6. The van der Waals surface area contributed by atoms with Gasteiger partial charge in [0, 0.05) is 13.1 Å². The van der Waals surface area contributed by atoms with Crippen LogP contribution in [0.1, 0.15) is 75.1 Å². The molecule has 1 atom stereocenters. The number of likely N-dealkylation sites (tertiary alicyclic amines) is 1. The largest absolute Gasteiger partial charge is 0.495 e. The Hall–Kier alpha value is -2.10. The zero-order valence-electron chi connectivity index (χ0n) is 19.2. The van der Waals surface area contributed by atoms with Crippen LogP contribution in [0.25, 0.3) is 11.0 Å². The van der Waals surface area contributed by atoms with Crippen molar-refractivity contribution in [2.75, 3.05) is 20.2 Å². The van der Waals surface area contributed by atoms with Gasteiger partial charge in [-0.05, 0) is 38.7 Å². The van der Waals surface area contributed by atoms with Crippen LogP contribution in [0.4, 0.5) is 0 Å². The normalized spacial score (nSPS) is 25.1. The summed E-state index contributed by atoms with van der Waals surface area (Å²) in [5.74, 6) is 0.0453. The molecule has 0 amide bonds. The van der Waals surface area contributed by atoms with E-state index in [2.05, 4.69) is 4.90 Å². The summed E-state index contributed by atoms with van der Waals surface area (Å²) in [7, 11) is -2.81. The fraction of sp³-hybridized carbons (Fsp3) is 0.625. The van der Waals surface area contributed by atoms with Crippen LogP contribution < -0.4 is 9.47 Å². The van der Waals surface area contributed by atoms with Crippen LogP contribution in [0.3, 0.4) is 0 Å². The van der Waals surface area contributed by atoms with Gasteiger partial charge in [0.25, 0.3) is 0 Å². The van der Waals surface area contributed by atoms with E-state index in [-0.39, 0.29) is 45.8 Å². The zero-order chi connectivity index (χ0) is 23.2. The molecule has 0 radical (unpaired) electrons. The van der Waals surface area contributed by atoms with Crippen LogP contribution in [0.5, 0.6) is 11.5 Å². The van der Waals surface area contributed by atoms with Gasteiger partial charge in [0.2, 0.25) is 0 Å². The third kappa shape index (κ3) is 3.94. The number of fused-ring (bicyclic) bond motifs is 2. The Morgan fingerprint density at radius 1 is 1.09 bits per heavy atom. The van der Waals surface area contributed by atoms with E-state index < -0.39 is 15.8 Å². The van der Waals surface area contributed by atoms with Gasteiger partial charge < -0.3 is 13.9 Å². The Bertz CT molecular complexity index is 1160. The lowest BCUT2D eigenvalue weighted by molar-refractivity contribution is -0.0856. The molecule has 180 valence electrons. The highest BCUT2D eigenvalue weighted by atomic mass is 32.2. The summed E-state index contributed by atoms with van der Waals surface area (Å²) in [6, 6.07) is 1.61. The smallest absolute Gasteiger partial charge is 0.304 e.